The Morgan fingerprint density at radius 2 is 1.60 bits per heavy atom. The van der Waals surface area contributed by atoms with Gasteiger partial charge < -0.3 is 5.32 Å². The van der Waals surface area contributed by atoms with Gasteiger partial charge in [-0.25, -0.2) is 0 Å². The molecule has 30 heavy (non-hydrogen) atoms. The third-order valence-corrected chi connectivity index (χ3v) is 6.81. The van der Waals surface area contributed by atoms with Crippen molar-refractivity contribution in [3.05, 3.63) is 70.3 Å². The van der Waals surface area contributed by atoms with Crippen LogP contribution in [-0.4, -0.2) is 23.9 Å². The zero-order valence-electron chi connectivity index (χ0n) is 18.5. The molecule has 0 aromatic heterocycles. The average Bonchev–Trinajstić information content (AvgIpc) is 3.06. The molecule has 3 heteroatoms. The number of carbonyl (C=O) groups excluding carboxylic acids is 1. The van der Waals surface area contributed by atoms with Crippen LogP contribution in [0.4, 0.5) is 0 Å². The molecule has 0 bridgehead atoms. The van der Waals surface area contributed by atoms with Crippen LogP contribution in [0.3, 0.4) is 0 Å². The summed E-state index contributed by atoms with van der Waals surface area (Å²) in [7, 11) is 0. The van der Waals surface area contributed by atoms with Crippen molar-refractivity contribution in [1.29, 1.82) is 0 Å². The third-order valence-electron chi connectivity index (χ3n) is 6.81. The van der Waals surface area contributed by atoms with Crippen LogP contribution >= 0.6 is 0 Å². The van der Waals surface area contributed by atoms with Gasteiger partial charge in [0.15, 0.2) is 0 Å². The molecule has 4 rings (SSSR count). The molecule has 1 heterocycles. The van der Waals surface area contributed by atoms with Gasteiger partial charge in [-0.15, -0.1) is 0 Å². The lowest BCUT2D eigenvalue weighted by molar-refractivity contribution is 0.0935. The summed E-state index contributed by atoms with van der Waals surface area (Å²) in [5.41, 5.74) is 6.26. The summed E-state index contributed by atoms with van der Waals surface area (Å²) in [4.78, 5) is 15.4. The number of hydrogen-bond donors (Lipinski definition) is 1. The van der Waals surface area contributed by atoms with Gasteiger partial charge in [-0.1, -0.05) is 50.1 Å². The van der Waals surface area contributed by atoms with Crippen LogP contribution in [0.25, 0.3) is 0 Å². The fraction of sp³-hybridized carbons (Fsp3) is 0.519. The zero-order valence-corrected chi connectivity index (χ0v) is 18.5. The van der Waals surface area contributed by atoms with Gasteiger partial charge in [-0.3, -0.25) is 9.69 Å². The van der Waals surface area contributed by atoms with Gasteiger partial charge >= 0.3 is 0 Å². The Morgan fingerprint density at radius 3 is 2.30 bits per heavy atom. The lowest BCUT2D eigenvalue weighted by Gasteiger charge is -2.22. The molecule has 2 aromatic rings. The van der Waals surface area contributed by atoms with E-state index >= 15 is 0 Å². The van der Waals surface area contributed by atoms with Crippen molar-refractivity contribution in [3.8, 4) is 0 Å². The average molecular weight is 405 g/mol. The van der Waals surface area contributed by atoms with E-state index in [1.54, 1.807) is 0 Å². The highest BCUT2D eigenvalue weighted by Crippen LogP contribution is 2.26. The van der Waals surface area contributed by atoms with Gasteiger partial charge in [0.1, 0.15) is 0 Å². The second-order valence-corrected chi connectivity index (χ2v) is 9.06. The molecule has 0 spiro atoms. The van der Waals surface area contributed by atoms with E-state index in [0.717, 1.165) is 18.5 Å². The van der Waals surface area contributed by atoms with E-state index in [1.165, 1.54) is 86.7 Å². The smallest absolute Gasteiger partial charge is 0.251 e. The highest BCUT2D eigenvalue weighted by atomic mass is 16.1. The summed E-state index contributed by atoms with van der Waals surface area (Å²) in [6.07, 6.45) is 11.2. The minimum absolute atomic E-state index is 0.0286. The highest BCUT2D eigenvalue weighted by Gasteiger charge is 2.17. The maximum atomic E-state index is 12.9. The minimum atomic E-state index is 0.0286. The van der Waals surface area contributed by atoms with Crippen molar-refractivity contribution < 1.29 is 4.79 Å². The van der Waals surface area contributed by atoms with E-state index in [0.29, 0.717) is 0 Å². The molecule has 0 unspecified atom stereocenters. The largest absolute Gasteiger partial charge is 0.345 e. The van der Waals surface area contributed by atoms with Crippen LogP contribution in [0.2, 0.25) is 0 Å². The monoisotopic (exact) mass is 404 g/mol. The van der Waals surface area contributed by atoms with Crippen LogP contribution in [-0.2, 0) is 19.4 Å². The van der Waals surface area contributed by atoms with E-state index in [1.807, 2.05) is 12.1 Å². The molecule has 3 nitrogen and oxygen atoms in total. The van der Waals surface area contributed by atoms with E-state index in [9.17, 15) is 4.79 Å². The molecule has 1 aliphatic carbocycles. The van der Waals surface area contributed by atoms with Crippen LogP contribution in [0, 0.1) is 0 Å². The van der Waals surface area contributed by atoms with Crippen molar-refractivity contribution >= 4 is 5.91 Å². The van der Waals surface area contributed by atoms with Crippen molar-refractivity contribution in [2.45, 2.75) is 77.3 Å². The number of hydrogen-bond acceptors (Lipinski definition) is 2. The molecule has 0 radical (unpaired) electrons. The number of nitrogens with zero attached hydrogens (tertiary/aromatic N) is 1. The predicted octanol–water partition coefficient (Wildman–Crippen LogP) is 5.82. The molecule has 1 fully saturated rings. The van der Waals surface area contributed by atoms with Crippen LogP contribution in [0.5, 0.6) is 0 Å². The van der Waals surface area contributed by atoms with E-state index in [4.69, 9.17) is 0 Å². The Bertz CT molecular complexity index is 834. The molecule has 1 amide bonds. The summed E-state index contributed by atoms with van der Waals surface area (Å²) < 4.78 is 0. The number of benzene rings is 2. The topological polar surface area (TPSA) is 32.3 Å². The molecular weight excluding hydrogens is 368 g/mol. The molecular formula is C27H36N2O. The first-order valence-corrected chi connectivity index (χ1v) is 12.0. The van der Waals surface area contributed by atoms with Gasteiger partial charge in [0, 0.05) is 12.1 Å². The third kappa shape index (κ3) is 5.31. The van der Waals surface area contributed by atoms with E-state index in [2.05, 4.69) is 47.5 Å². The standard InChI is InChI=1S/C27H36N2O/c1-2-26(25-16-15-22-9-5-6-10-24(22)19-25)28-27(30)23-13-11-21(12-14-23)20-29-17-7-3-4-8-18-29/h11-16,19,26H,2-10,17-18,20H2,1H3,(H,28,30)/t26-/m1/s1. The van der Waals surface area contributed by atoms with Crippen molar-refractivity contribution in [1.82, 2.24) is 10.2 Å². The Balaban J connectivity index is 1.38. The molecule has 160 valence electrons. The summed E-state index contributed by atoms with van der Waals surface area (Å²) in [6, 6.07) is 15.1. The number of nitrogens with one attached hydrogen (secondary N) is 1. The Hall–Kier alpha value is -2.13. The van der Waals surface area contributed by atoms with Gasteiger partial charge in [-0.2, -0.15) is 0 Å². The molecule has 1 aliphatic heterocycles. The predicted molar refractivity (Wildman–Crippen MR) is 124 cm³/mol. The summed E-state index contributed by atoms with van der Waals surface area (Å²) in [5.74, 6) is 0.0286. The molecule has 0 saturated carbocycles. The zero-order chi connectivity index (χ0) is 20.8. The second-order valence-electron chi connectivity index (χ2n) is 9.06. The quantitative estimate of drug-likeness (QED) is 0.658. The Morgan fingerprint density at radius 1 is 0.900 bits per heavy atom. The van der Waals surface area contributed by atoms with Gasteiger partial charge in [0.25, 0.3) is 5.91 Å². The lowest BCUT2D eigenvalue weighted by atomic mass is 9.88. The van der Waals surface area contributed by atoms with Crippen LogP contribution < -0.4 is 5.32 Å². The van der Waals surface area contributed by atoms with Crippen LogP contribution in [0.15, 0.2) is 42.5 Å². The molecule has 2 aromatic carbocycles. The number of likely N-dealkylation sites (tertiary alicyclic amines) is 1. The van der Waals surface area contributed by atoms with E-state index in [-0.39, 0.29) is 11.9 Å². The summed E-state index contributed by atoms with van der Waals surface area (Å²) >= 11 is 0. The minimum Gasteiger partial charge on any atom is -0.345 e. The number of carbonyl (C=O) groups is 1. The molecule has 1 atom stereocenters. The fourth-order valence-corrected chi connectivity index (χ4v) is 4.95. The highest BCUT2D eigenvalue weighted by molar-refractivity contribution is 5.94. The first kappa shape index (κ1) is 21.1. The fourth-order valence-electron chi connectivity index (χ4n) is 4.95. The Kier molecular flexibility index (Phi) is 7.22. The maximum Gasteiger partial charge on any atom is 0.251 e. The SMILES string of the molecule is CC[C@@H](NC(=O)c1ccc(CN2CCCCCC2)cc1)c1ccc2c(c1)CCCC2. The lowest BCUT2D eigenvalue weighted by Crippen LogP contribution is -2.28. The first-order valence-electron chi connectivity index (χ1n) is 12.0. The molecule has 2 aliphatic rings. The molecule has 1 N–H and O–H groups in total. The molecule has 1 saturated heterocycles. The number of aryl methyl sites for hydroxylation is 2. The number of amides is 1. The number of rotatable bonds is 6. The van der Waals surface area contributed by atoms with Crippen molar-refractivity contribution in [3.63, 3.8) is 0 Å². The normalized spacial score (nSPS) is 18.3. The number of fused-ring (bicyclic) bond motifs is 1. The Labute approximate surface area is 181 Å². The van der Waals surface area contributed by atoms with Gasteiger partial charge in [0.2, 0.25) is 0 Å². The van der Waals surface area contributed by atoms with Gasteiger partial charge in [0.05, 0.1) is 6.04 Å². The summed E-state index contributed by atoms with van der Waals surface area (Å²) in [5, 5.41) is 3.27. The summed E-state index contributed by atoms with van der Waals surface area (Å²) in [6.45, 7) is 5.53. The van der Waals surface area contributed by atoms with Crippen molar-refractivity contribution in [2.24, 2.45) is 0 Å². The van der Waals surface area contributed by atoms with Crippen molar-refractivity contribution in [2.75, 3.05) is 13.1 Å². The van der Waals surface area contributed by atoms with E-state index < -0.39 is 0 Å². The first-order chi connectivity index (χ1) is 14.7. The van der Waals surface area contributed by atoms with Crippen LogP contribution in [0.1, 0.15) is 90.5 Å². The van der Waals surface area contributed by atoms with Gasteiger partial charge in [-0.05, 0) is 92.4 Å². The maximum absolute atomic E-state index is 12.9. The second kappa shape index (κ2) is 10.3.